The summed E-state index contributed by atoms with van der Waals surface area (Å²) in [6.45, 7) is 3.34. The first-order valence-corrected chi connectivity index (χ1v) is 14.9. The van der Waals surface area contributed by atoms with Crippen LogP contribution in [0.1, 0.15) is 92.6 Å². The molecule has 0 atom stereocenters. The first kappa shape index (κ1) is 30.9. The molecule has 2 amide bonds. The monoisotopic (exact) mass is 544 g/mol. The van der Waals surface area contributed by atoms with Gasteiger partial charge in [-0.1, -0.05) is 119 Å². The van der Waals surface area contributed by atoms with Crippen molar-refractivity contribution in [2.45, 2.75) is 84.1 Å². The summed E-state index contributed by atoms with van der Waals surface area (Å²) >= 11 is 0. The van der Waals surface area contributed by atoms with Gasteiger partial charge < -0.3 is 15.3 Å². The predicted molar refractivity (Wildman–Crippen MR) is 161 cm³/mol. The lowest BCUT2D eigenvalue weighted by Crippen LogP contribution is -2.37. The maximum absolute atomic E-state index is 12.5. The highest BCUT2D eigenvalue weighted by Crippen LogP contribution is 2.20. The molecule has 0 aliphatic rings. The second-order valence-electron chi connectivity index (χ2n) is 10.6. The highest BCUT2D eigenvalue weighted by molar-refractivity contribution is 6.31. The van der Waals surface area contributed by atoms with Gasteiger partial charge in [-0.2, -0.15) is 0 Å². The number of rotatable bonds is 17. The number of carbonyl (C=O) groups excluding carboxylic acids is 2. The number of amides is 2. The van der Waals surface area contributed by atoms with Crippen molar-refractivity contribution in [1.82, 2.24) is 10.2 Å². The van der Waals surface area contributed by atoms with Crippen LogP contribution in [0.15, 0.2) is 66.7 Å². The Kier molecular flexibility index (Phi) is 13.2. The molecule has 0 spiro atoms. The van der Waals surface area contributed by atoms with E-state index in [0.29, 0.717) is 18.5 Å². The fourth-order valence-electron chi connectivity index (χ4n) is 5.05. The van der Waals surface area contributed by atoms with E-state index < -0.39 is 11.9 Å². The zero-order valence-electron chi connectivity index (χ0n) is 23.9. The van der Waals surface area contributed by atoms with Gasteiger partial charge in [0, 0.05) is 25.2 Å². The molecule has 2 N–H and O–H groups in total. The van der Waals surface area contributed by atoms with Crippen LogP contribution in [0.4, 0.5) is 0 Å². The number of aliphatic carboxylic acids is 1. The highest BCUT2D eigenvalue weighted by Gasteiger charge is 2.21. The van der Waals surface area contributed by atoms with Gasteiger partial charge in [-0.15, -0.1) is 0 Å². The molecule has 0 aromatic heterocycles. The Morgan fingerprint density at radius 2 is 1.38 bits per heavy atom. The Morgan fingerprint density at radius 3 is 2.05 bits per heavy atom. The van der Waals surface area contributed by atoms with E-state index in [4.69, 9.17) is 0 Å². The number of nitrogens with one attached hydrogen (secondary N) is 1. The molecule has 3 aromatic carbocycles. The molecule has 0 aliphatic heterocycles. The molecule has 40 heavy (non-hydrogen) atoms. The number of fused-ring (bicyclic) bond motifs is 1. The van der Waals surface area contributed by atoms with Crippen LogP contribution in [0.25, 0.3) is 10.8 Å². The summed E-state index contributed by atoms with van der Waals surface area (Å²) in [7, 11) is 0. The second-order valence-corrected chi connectivity index (χ2v) is 10.6. The minimum atomic E-state index is -1.47. The smallest absolute Gasteiger partial charge is 0.394 e. The maximum Gasteiger partial charge on any atom is 0.394 e. The number of hydrogen-bond donors (Lipinski definition) is 2. The number of carboxylic acid groups (broad SMARTS) is 1. The molecule has 0 bridgehead atoms. The fourth-order valence-corrected chi connectivity index (χ4v) is 5.05. The number of carboxylic acids is 1. The van der Waals surface area contributed by atoms with Gasteiger partial charge in [0.05, 0.1) is 0 Å². The van der Waals surface area contributed by atoms with Gasteiger partial charge in [0.25, 0.3) is 5.91 Å². The Bertz CT molecular complexity index is 1220. The Labute approximate surface area is 238 Å². The van der Waals surface area contributed by atoms with E-state index in [0.717, 1.165) is 34.7 Å². The lowest BCUT2D eigenvalue weighted by atomic mass is 10.0. The standard InChI is InChI=1S/C34H44N2O4/c1-2-3-4-5-6-7-8-9-10-13-24-35-32(37)30-21-19-27(20-22-30)26-36(33(38)34(39)40)25-23-29-17-14-16-28-15-11-12-18-31(28)29/h11-12,14-22H,2-10,13,23-26H2,1H3,(H,35,37)(H,39,40). The molecule has 6 heteroatoms. The molecule has 3 aromatic rings. The van der Waals surface area contributed by atoms with Crippen molar-refractivity contribution in [3.05, 3.63) is 83.4 Å². The molecular formula is C34H44N2O4. The molecule has 6 nitrogen and oxygen atoms in total. The normalized spacial score (nSPS) is 10.9. The van der Waals surface area contributed by atoms with Crippen LogP contribution >= 0.6 is 0 Å². The maximum atomic E-state index is 12.5. The van der Waals surface area contributed by atoms with E-state index in [1.807, 2.05) is 42.5 Å². The lowest BCUT2D eigenvalue weighted by Gasteiger charge is -2.21. The molecule has 0 fully saturated rings. The Morgan fingerprint density at radius 1 is 0.750 bits per heavy atom. The van der Waals surface area contributed by atoms with Crippen LogP contribution in [0.3, 0.4) is 0 Å². The van der Waals surface area contributed by atoms with Gasteiger partial charge in [0.2, 0.25) is 0 Å². The molecule has 214 valence electrons. The largest absolute Gasteiger partial charge is 0.474 e. The number of unbranched alkanes of at least 4 members (excludes halogenated alkanes) is 9. The number of nitrogens with zero attached hydrogens (tertiary/aromatic N) is 1. The van der Waals surface area contributed by atoms with Gasteiger partial charge in [-0.25, -0.2) is 4.79 Å². The fraction of sp³-hybridized carbons (Fsp3) is 0.441. The molecule has 0 heterocycles. The minimum Gasteiger partial charge on any atom is -0.474 e. The summed E-state index contributed by atoms with van der Waals surface area (Å²) in [6.07, 6.45) is 13.1. The molecular weight excluding hydrogens is 500 g/mol. The van der Waals surface area contributed by atoms with Crippen molar-refractivity contribution in [2.24, 2.45) is 0 Å². The van der Waals surface area contributed by atoms with E-state index in [1.165, 1.54) is 56.3 Å². The summed E-state index contributed by atoms with van der Waals surface area (Å²) in [5.74, 6) is -2.52. The molecule has 0 saturated heterocycles. The van der Waals surface area contributed by atoms with E-state index in [-0.39, 0.29) is 19.0 Å². The van der Waals surface area contributed by atoms with E-state index in [1.54, 1.807) is 24.3 Å². The zero-order valence-corrected chi connectivity index (χ0v) is 23.9. The molecule has 0 radical (unpaired) electrons. The van der Waals surface area contributed by atoms with Crippen molar-refractivity contribution in [3.8, 4) is 0 Å². The molecule has 0 saturated carbocycles. The van der Waals surface area contributed by atoms with Crippen molar-refractivity contribution in [2.75, 3.05) is 13.1 Å². The summed E-state index contributed by atoms with van der Waals surface area (Å²) in [5, 5.41) is 14.6. The number of benzene rings is 3. The SMILES string of the molecule is CCCCCCCCCCCCNC(=O)c1ccc(CN(CCc2cccc3ccccc23)C(=O)C(=O)O)cc1. The summed E-state index contributed by atoms with van der Waals surface area (Å²) in [4.78, 5) is 37.9. The van der Waals surface area contributed by atoms with Crippen molar-refractivity contribution >= 4 is 28.6 Å². The average Bonchev–Trinajstić information content (AvgIpc) is 2.97. The van der Waals surface area contributed by atoms with E-state index >= 15 is 0 Å². The second kappa shape index (κ2) is 17.1. The minimum absolute atomic E-state index is 0.114. The summed E-state index contributed by atoms with van der Waals surface area (Å²) in [5.41, 5.74) is 2.40. The zero-order chi connectivity index (χ0) is 28.6. The van der Waals surface area contributed by atoms with E-state index in [2.05, 4.69) is 12.2 Å². The first-order valence-electron chi connectivity index (χ1n) is 14.9. The number of hydrogen-bond acceptors (Lipinski definition) is 3. The van der Waals surface area contributed by atoms with Crippen LogP contribution < -0.4 is 5.32 Å². The molecule has 3 rings (SSSR count). The predicted octanol–water partition coefficient (Wildman–Crippen LogP) is 7.15. The van der Waals surface area contributed by atoms with Gasteiger partial charge in [-0.05, 0) is 46.9 Å². The van der Waals surface area contributed by atoms with Gasteiger partial charge in [0.1, 0.15) is 0 Å². The summed E-state index contributed by atoms with van der Waals surface area (Å²) in [6, 6.07) is 21.1. The van der Waals surface area contributed by atoms with Crippen molar-refractivity contribution in [3.63, 3.8) is 0 Å². The van der Waals surface area contributed by atoms with Crippen LogP contribution in [0.2, 0.25) is 0 Å². The quantitative estimate of drug-likeness (QED) is 0.140. The lowest BCUT2D eigenvalue weighted by molar-refractivity contribution is -0.156. The number of carbonyl (C=O) groups is 3. The van der Waals surface area contributed by atoms with Crippen LogP contribution in [0.5, 0.6) is 0 Å². The Hall–Kier alpha value is -3.67. The van der Waals surface area contributed by atoms with E-state index in [9.17, 15) is 19.5 Å². The summed E-state index contributed by atoms with van der Waals surface area (Å²) < 4.78 is 0. The molecule has 0 unspecified atom stereocenters. The van der Waals surface area contributed by atoms with Crippen molar-refractivity contribution < 1.29 is 19.5 Å². The van der Waals surface area contributed by atoms with Gasteiger partial charge in [0.15, 0.2) is 0 Å². The third-order valence-corrected chi connectivity index (χ3v) is 7.41. The van der Waals surface area contributed by atoms with Gasteiger partial charge >= 0.3 is 11.9 Å². The van der Waals surface area contributed by atoms with Crippen molar-refractivity contribution in [1.29, 1.82) is 0 Å². The van der Waals surface area contributed by atoms with Gasteiger partial charge in [-0.3, -0.25) is 9.59 Å². The topological polar surface area (TPSA) is 86.7 Å². The van der Waals surface area contributed by atoms with Crippen LogP contribution in [-0.4, -0.2) is 40.9 Å². The van der Waals surface area contributed by atoms with Crippen LogP contribution in [-0.2, 0) is 22.6 Å². The third kappa shape index (κ3) is 10.1. The highest BCUT2D eigenvalue weighted by atomic mass is 16.4. The third-order valence-electron chi connectivity index (χ3n) is 7.41. The molecule has 0 aliphatic carbocycles. The first-order chi connectivity index (χ1) is 19.5. The average molecular weight is 545 g/mol. The van der Waals surface area contributed by atoms with Crippen LogP contribution in [0, 0.1) is 0 Å². The Balaban J connectivity index is 1.44.